The summed E-state index contributed by atoms with van der Waals surface area (Å²) in [6, 6.07) is 6.62. The van der Waals surface area contributed by atoms with E-state index >= 15 is 0 Å². The second kappa shape index (κ2) is 13.1. The van der Waals surface area contributed by atoms with Gasteiger partial charge in [-0.05, 0) is 86.9 Å². The van der Waals surface area contributed by atoms with Crippen molar-refractivity contribution in [1.82, 2.24) is 0 Å². The maximum absolute atomic E-state index is 5.61. The molecule has 0 unspecified atom stereocenters. The van der Waals surface area contributed by atoms with Gasteiger partial charge in [0.05, 0.1) is 5.70 Å². The van der Waals surface area contributed by atoms with Gasteiger partial charge in [0.15, 0.2) is 0 Å². The topological polar surface area (TPSA) is 12.4 Å². The Hall–Kier alpha value is -3.37. The number of terminal acetylenes is 1. The molecule has 0 saturated heterocycles. The van der Waals surface area contributed by atoms with Gasteiger partial charge in [0, 0.05) is 11.3 Å². The summed E-state index contributed by atoms with van der Waals surface area (Å²) < 4.78 is 0. The van der Waals surface area contributed by atoms with Gasteiger partial charge in [-0.15, -0.1) is 6.42 Å². The molecule has 0 atom stereocenters. The minimum atomic E-state index is 0.852. The summed E-state index contributed by atoms with van der Waals surface area (Å²) in [6.45, 7) is 12.6. The Kier molecular flexibility index (Phi) is 10.2. The number of rotatable bonds is 9. The van der Waals surface area contributed by atoms with E-state index in [-0.39, 0.29) is 0 Å². The highest BCUT2D eigenvalue weighted by Crippen LogP contribution is 2.27. The summed E-state index contributed by atoms with van der Waals surface area (Å²) in [7, 11) is 0. The number of nitrogens with zero attached hydrogens (tertiary/aromatic N) is 1. The van der Waals surface area contributed by atoms with Crippen molar-refractivity contribution < 1.29 is 0 Å². The molecule has 0 aromatic heterocycles. The Balaban J connectivity index is 2.38. The Morgan fingerprint density at radius 2 is 2.09 bits per heavy atom. The van der Waals surface area contributed by atoms with Gasteiger partial charge >= 0.3 is 0 Å². The summed E-state index contributed by atoms with van der Waals surface area (Å²) in [5, 5.41) is 0. The molecule has 1 nitrogen and oxygen atoms in total. The fraction of sp³-hybridized carbons (Fsp3) is 0.258. The highest BCUT2D eigenvalue weighted by atomic mass is 14.8. The molecule has 0 aliphatic heterocycles. The van der Waals surface area contributed by atoms with Crippen molar-refractivity contribution in [2.24, 2.45) is 4.99 Å². The van der Waals surface area contributed by atoms with E-state index in [9.17, 15) is 0 Å². The van der Waals surface area contributed by atoms with Crippen LogP contribution in [0.15, 0.2) is 95.1 Å². The van der Waals surface area contributed by atoms with Crippen LogP contribution in [0, 0.1) is 12.3 Å². The highest BCUT2D eigenvalue weighted by Gasteiger charge is 2.09. The zero-order valence-electron chi connectivity index (χ0n) is 20.0. The lowest BCUT2D eigenvalue weighted by Crippen LogP contribution is -1.97. The van der Waals surface area contributed by atoms with Crippen molar-refractivity contribution in [1.29, 1.82) is 0 Å². The zero-order chi connectivity index (χ0) is 23.3. The van der Waals surface area contributed by atoms with Crippen LogP contribution in [-0.2, 0) is 6.42 Å². The lowest BCUT2D eigenvalue weighted by Gasteiger charge is -2.13. The summed E-state index contributed by atoms with van der Waals surface area (Å²) >= 11 is 0. The SMILES string of the molecule is C#C/C=C(\C=C/C/C(C)=C/C=C\C)C(=C)/C=C(\N=C(C)CC)c1ccc2c(c1)C=CCC2. The predicted octanol–water partition coefficient (Wildman–Crippen LogP) is 8.44. The van der Waals surface area contributed by atoms with Crippen molar-refractivity contribution in [3.8, 4) is 12.3 Å². The van der Waals surface area contributed by atoms with Gasteiger partial charge in [-0.1, -0.05) is 79.7 Å². The Morgan fingerprint density at radius 3 is 2.81 bits per heavy atom. The third-order valence-electron chi connectivity index (χ3n) is 5.37. The second-order valence-electron chi connectivity index (χ2n) is 8.02. The van der Waals surface area contributed by atoms with Crippen LogP contribution in [0.1, 0.15) is 63.6 Å². The Morgan fingerprint density at radius 1 is 1.28 bits per heavy atom. The van der Waals surface area contributed by atoms with Crippen molar-refractivity contribution >= 4 is 17.5 Å². The maximum Gasteiger partial charge on any atom is 0.0707 e. The second-order valence-corrected chi connectivity index (χ2v) is 8.02. The predicted molar refractivity (Wildman–Crippen MR) is 144 cm³/mol. The van der Waals surface area contributed by atoms with Crippen LogP contribution < -0.4 is 0 Å². The molecular weight excluding hydrogens is 386 g/mol. The number of fused-ring (bicyclic) bond motifs is 1. The number of aliphatic imine (C=N–C) groups is 1. The lowest BCUT2D eigenvalue weighted by molar-refractivity contribution is 0.985. The molecule has 1 aliphatic carbocycles. The summed E-state index contributed by atoms with van der Waals surface area (Å²) in [5.41, 5.74) is 8.82. The summed E-state index contributed by atoms with van der Waals surface area (Å²) in [5.74, 6) is 2.65. The summed E-state index contributed by atoms with van der Waals surface area (Å²) in [6.07, 6.45) is 28.2. The molecule has 0 saturated carbocycles. The van der Waals surface area contributed by atoms with E-state index in [1.54, 1.807) is 6.08 Å². The van der Waals surface area contributed by atoms with Crippen molar-refractivity contribution in [3.05, 3.63) is 107 Å². The van der Waals surface area contributed by atoms with E-state index in [0.717, 1.165) is 53.8 Å². The number of hydrogen-bond acceptors (Lipinski definition) is 1. The zero-order valence-corrected chi connectivity index (χ0v) is 20.0. The molecule has 0 N–H and O–H groups in total. The fourth-order valence-electron chi connectivity index (χ4n) is 3.34. The first-order valence-electron chi connectivity index (χ1n) is 11.3. The molecule has 0 radical (unpaired) electrons. The van der Waals surface area contributed by atoms with Crippen LogP contribution in [0.4, 0.5) is 0 Å². The van der Waals surface area contributed by atoms with E-state index < -0.39 is 0 Å². The molecule has 0 fully saturated rings. The molecule has 0 bridgehead atoms. The molecule has 1 heteroatoms. The smallest absolute Gasteiger partial charge is 0.0707 e. The first-order chi connectivity index (χ1) is 15.5. The molecule has 0 heterocycles. The third kappa shape index (κ3) is 7.71. The molecule has 1 aliphatic rings. The van der Waals surface area contributed by atoms with Crippen LogP contribution >= 0.6 is 0 Å². The molecule has 164 valence electrons. The lowest BCUT2D eigenvalue weighted by atomic mass is 9.94. The van der Waals surface area contributed by atoms with Gasteiger partial charge in [0.25, 0.3) is 0 Å². The van der Waals surface area contributed by atoms with E-state index in [4.69, 9.17) is 11.4 Å². The molecule has 0 spiro atoms. The largest absolute Gasteiger partial charge is 0.258 e. The van der Waals surface area contributed by atoms with Crippen molar-refractivity contribution in [2.45, 2.75) is 53.4 Å². The van der Waals surface area contributed by atoms with E-state index in [2.05, 4.69) is 87.9 Å². The van der Waals surface area contributed by atoms with Gasteiger partial charge < -0.3 is 0 Å². The molecular formula is C31H35N. The number of allylic oxidation sites excluding steroid dienone is 11. The van der Waals surface area contributed by atoms with Crippen molar-refractivity contribution in [2.75, 3.05) is 0 Å². The van der Waals surface area contributed by atoms with Gasteiger partial charge in [0.2, 0.25) is 0 Å². The van der Waals surface area contributed by atoms with Gasteiger partial charge in [-0.2, -0.15) is 0 Å². The standard InChI is InChI=1S/C31H35N/c1-7-10-15-24(4)16-13-19-27(14-8-2)25(5)22-31(32-26(6)9-3)30-21-20-28-17-11-12-18-29(28)23-30/h2,7,10,12-15,18-23H,5,9,11,16-17H2,1,3-4,6H3/b10-7-,19-13-,24-15+,27-14+,31-22-,32-26?. The number of benzene rings is 1. The summed E-state index contributed by atoms with van der Waals surface area (Å²) in [4.78, 5) is 4.91. The minimum absolute atomic E-state index is 0.852. The third-order valence-corrected chi connectivity index (χ3v) is 5.37. The van der Waals surface area contributed by atoms with Gasteiger partial charge in [-0.3, -0.25) is 4.99 Å². The van der Waals surface area contributed by atoms with E-state index in [1.165, 1.54) is 16.7 Å². The Bertz CT molecular complexity index is 1070. The van der Waals surface area contributed by atoms with E-state index in [1.807, 2.05) is 19.1 Å². The molecule has 1 aromatic rings. The molecule has 2 rings (SSSR count). The average Bonchev–Trinajstić information content (AvgIpc) is 2.81. The Labute approximate surface area is 195 Å². The highest BCUT2D eigenvalue weighted by molar-refractivity contribution is 5.88. The first-order valence-corrected chi connectivity index (χ1v) is 11.3. The van der Waals surface area contributed by atoms with Crippen LogP contribution in [-0.4, -0.2) is 5.71 Å². The first kappa shape index (κ1) is 24.9. The van der Waals surface area contributed by atoms with Crippen LogP contribution in [0.3, 0.4) is 0 Å². The van der Waals surface area contributed by atoms with Gasteiger partial charge in [0.1, 0.15) is 0 Å². The van der Waals surface area contributed by atoms with Crippen LogP contribution in [0.2, 0.25) is 0 Å². The van der Waals surface area contributed by atoms with Gasteiger partial charge in [-0.25, -0.2) is 0 Å². The average molecular weight is 422 g/mol. The molecule has 32 heavy (non-hydrogen) atoms. The van der Waals surface area contributed by atoms with Crippen molar-refractivity contribution in [3.63, 3.8) is 0 Å². The normalized spacial score (nSPS) is 15.3. The fourth-order valence-corrected chi connectivity index (χ4v) is 3.34. The van der Waals surface area contributed by atoms with E-state index in [0.29, 0.717) is 0 Å². The monoisotopic (exact) mass is 421 g/mol. The number of aryl methyl sites for hydroxylation is 1. The number of hydrogen-bond donors (Lipinski definition) is 0. The quantitative estimate of drug-likeness (QED) is 0.215. The minimum Gasteiger partial charge on any atom is -0.258 e. The van der Waals surface area contributed by atoms with Crippen LogP contribution in [0.25, 0.3) is 11.8 Å². The molecule has 1 aromatic carbocycles. The van der Waals surface area contributed by atoms with Crippen LogP contribution in [0.5, 0.6) is 0 Å². The maximum atomic E-state index is 5.61. The molecule has 0 amide bonds.